The van der Waals surface area contributed by atoms with E-state index in [4.69, 9.17) is 0 Å². The van der Waals surface area contributed by atoms with Crippen LogP contribution in [0.2, 0.25) is 0 Å². The first-order chi connectivity index (χ1) is 10.1. The van der Waals surface area contributed by atoms with Crippen molar-refractivity contribution in [3.63, 3.8) is 0 Å². The standard InChI is InChI=1S/C16H26N4O/c1-14(2)20-9-4-6-16(15(20)21)5-3-8-19(16)12-11-18-10-7-17-13-18/h7,10,13-14H,3-6,8-9,11-12H2,1-2H3. The average Bonchev–Trinajstić information content (AvgIpc) is 3.10. The van der Waals surface area contributed by atoms with Crippen LogP contribution in [0.25, 0.3) is 0 Å². The summed E-state index contributed by atoms with van der Waals surface area (Å²) in [5.41, 5.74) is -0.219. The molecule has 2 fully saturated rings. The first-order valence-electron chi connectivity index (χ1n) is 8.15. The Morgan fingerprint density at radius 2 is 2.00 bits per heavy atom. The summed E-state index contributed by atoms with van der Waals surface area (Å²) in [6.07, 6.45) is 9.98. The van der Waals surface area contributed by atoms with E-state index in [1.54, 1.807) is 0 Å². The average molecular weight is 290 g/mol. The molecule has 1 aromatic heterocycles. The number of amides is 1. The Morgan fingerprint density at radius 3 is 2.67 bits per heavy atom. The van der Waals surface area contributed by atoms with Crippen LogP contribution in [0.15, 0.2) is 18.7 Å². The molecule has 1 atom stereocenters. The predicted octanol–water partition coefficient (Wildman–Crippen LogP) is 1.75. The molecule has 5 nitrogen and oxygen atoms in total. The lowest BCUT2D eigenvalue weighted by Crippen LogP contribution is -2.61. The van der Waals surface area contributed by atoms with Gasteiger partial charge < -0.3 is 9.47 Å². The Bertz CT molecular complexity index is 484. The smallest absolute Gasteiger partial charge is 0.243 e. The van der Waals surface area contributed by atoms with Gasteiger partial charge in [-0.1, -0.05) is 0 Å². The lowest BCUT2D eigenvalue weighted by Gasteiger charge is -2.46. The highest BCUT2D eigenvalue weighted by Crippen LogP contribution is 2.38. The molecule has 1 aromatic rings. The van der Waals surface area contributed by atoms with E-state index in [1.807, 2.05) is 18.7 Å². The number of imidazole rings is 1. The molecule has 21 heavy (non-hydrogen) atoms. The molecule has 0 saturated carbocycles. The topological polar surface area (TPSA) is 41.4 Å². The molecule has 2 saturated heterocycles. The second-order valence-corrected chi connectivity index (χ2v) is 6.62. The lowest BCUT2D eigenvalue weighted by molar-refractivity contribution is -0.149. The summed E-state index contributed by atoms with van der Waals surface area (Å²) in [5, 5.41) is 0. The molecule has 2 aliphatic rings. The number of carbonyl (C=O) groups is 1. The Kier molecular flexibility index (Phi) is 4.02. The molecule has 3 heterocycles. The minimum Gasteiger partial charge on any atom is -0.339 e. The molecule has 1 amide bonds. The van der Waals surface area contributed by atoms with Crippen molar-refractivity contribution in [1.82, 2.24) is 19.4 Å². The molecule has 2 aliphatic heterocycles. The third-order valence-corrected chi connectivity index (χ3v) is 5.08. The summed E-state index contributed by atoms with van der Waals surface area (Å²) < 4.78 is 2.10. The molecule has 0 aromatic carbocycles. The van der Waals surface area contributed by atoms with Crippen molar-refractivity contribution in [1.29, 1.82) is 0 Å². The van der Waals surface area contributed by atoms with E-state index in [9.17, 15) is 4.79 Å². The Hall–Kier alpha value is -1.36. The van der Waals surface area contributed by atoms with Gasteiger partial charge in [-0.05, 0) is 46.1 Å². The van der Waals surface area contributed by atoms with Crippen LogP contribution in [0.5, 0.6) is 0 Å². The van der Waals surface area contributed by atoms with Gasteiger partial charge in [-0.3, -0.25) is 9.69 Å². The number of nitrogens with zero attached hydrogens (tertiary/aromatic N) is 4. The number of piperidine rings is 1. The summed E-state index contributed by atoms with van der Waals surface area (Å²) >= 11 is 0. The number of aromatic nitrogens is 2. The molecule has 1 spiro atoms. The monoisotopic (exact) mass is 290 g/mol. The number of carbonyl (C=O) groups excluding carboxylic acids is 1. The predicted molar refractivity (Wildman–Crippen MR) is 81.8 cm³/mol. The van der Waals surface area contributed by atoms with Crippen LogP contribution in [0, 0.1) is 0 Å². The van der Waals surface area contributed by atoms with Crippen LogP contribution >= 0.6 is 0 Å². The zero-order valence-corrected chi connectivity index (χ0v) is 13.2. The van der Waals surface area contributed by atoms with Gasteiger partial charge in [0.2, 0.25) is 5.91 Å². The van der Waals surface area contributed by atoms with Gasteiger partial charge in [-0.15, -0.1) is 0 Å². The van der Waals surface area contributed by atoms with Crippen LogP contribution in [0.3, 0.4) is 0 Å². The second-order valence-electron chi connectivity index (χ2n) is 6.62. The Morgan fingerprint density at radius 1 is 1.24 bits per heavy atom. The van der Waals surface area contributed by atoms with E-state index in [1.165, 1.54) is 0 Å². The lowest BCUT2D eigenvalue weighted by atomic mass is 9.84. The third-order valence-electron chi connectivity index (χ3n) is 5.08. The van der Waals surface area contributed by atoms with Crippen molar-refractivity contribution in [2.24, 2.45) is 0 Å². The minimum atomic E-state index is -0.219. The molecule has 0 aliphatic carbocycles. The number of rotatable bonds is 4. The van der Waals surface area contributed by atoms with E-state index >= 15 is 0 Å². The normalized spacial score (nSPS) is 27.2. The highest BCUT2D eigenvalue weighted by atomic mass is 16.2. The highest BCUT2D eigenvalue weighted by molar-refractivity contribution is 5.87. The van der Waals surface area contributed by atoms with Gasteiger partial charge in [0.25, 0.3) is 0 Å². The van der Waals surface area contributed by atoms with Crippen molar-refractivity contribution < 1.29 is 4.79 Å². The van der Waals surface area contributed by atoms with Crippen molar-refractivity contribution >= 4 is 5.91 Å². The maximum absolute atomic E-state index is 13.0. The largest absolute Gasteiger partial charge is 0.339 e. The summed E-state index contributed by atoms with van der Waals surface area (Å²) in [4.78, 5) is 21.6. The van der Waals surface area contributed by atoms with E-state index in [0.717, 1.165) is 51.9 Å². The molecule has 1 unspecified atom stereocenters. The van der Waals surface area contributed by atoms with Crippen LogP contribution in [-0.2, 0) is 11.3 Å². The summed E-state index contributed by atoms with van der Waals surface area (Å²) in [6, 6.07) is 0.311. The van der Waals surface area contributed by atoms with Gasteiger partial charge in [-0.25, -0.2) is 4.98 Å². The summed E-state index contributed by atoms with van der Waals surface area (Å²) in [6.45, 7) is 8.08. The number of likely N-dealkylation sites (tertiary alicyclic amines) is 2. The van der Waals surface area contributed by atoms with E-state index in [-0.39, 0.29) is 5.54 Å². The van der Waals surface area contributed by atoms with Gasteiger partial charge in [0, 0.05) is 38.1 Å². The first-order valence-corrected chi connectivity index (χ1v) is 8.15. The van der Waals surface area contributed by atoms with Gasteiger partial charge >= 0.3 is 0 Å². The van der Waals surface area contributed by atoms with Crippen molar-refractivity contribution in [2.45, 2.75) is 57.7 Å². The molecule has 0 N–H and O–H groups in total. The third kappa shape index (κ3) is 2.59. The van der Waals surface area contributed by atoms with Crippen LogP contribution in [-0.4, -0.2) is 56.5 Å². The zero-order valence-electron chi connectivity index (χ0n) is 13.2. The van der Waals surface area contributed by atoms with Gasteiger partial charge in [-0.2, -0.15) is 0 Å². The Labute approximate surface area is 126 Å². The second kappa shape index (κ2) is 5.79. The van der Waals surface area contributed by atoms with Crippen LogP contribution in [0.1, 0.15) is 39.5 Å². The molecule has 0 bridgehead atoms. The van der Waals surface area contributed by atoms with Crippen molar-refractivity contribution in [2.75, 3.05) is 19.6 Å². The van der Waals surface area contributed by atoms with E-state index in [2.05, 4.69) is 33.2 Å². The molecule has 5 heteroatoms. The van der Waals surface area contributed by atoms with Crippen molar-refractivity contribution in [3.05, 3.63) is 18.7 Å². The summed E-state index contributed by atoms with van der Waals surface area (Å²) in [5.74, 6) is 0.367. The van der Waals surface area contributed by atoms with Gasteiger partial charge in [0.1, 0.15) is 5.54 Å². The molecule has 3 rings (SSSR count). The van der Waals surface area contributed by atoms with Gasteiger partial charge in [0.15, 0.2) is 0 Å². The number of hydrogen-bond donors (Lipinski definition) is 0. The molecular weight excluding hydrogens is 264 g/mol. The first kappa shape index (κ1) is 14.6. The molecule has 116 valence electrons. The van der Waals surface area contributed by atoms with Crippen LogP contribution < -0.4 is 0 Å². The van der Waals surface area contributed by atoms with Crippen LogP contribution in [0.4, 0.5) is 0 Å². The van der Waals surface area contributed by atoms with Crippen molar-refractivity contribution in [3.8, 4) is 0 Å². The maximum Gasteiger partial charge on any atom is 0.243 e. The molecular formula is C16H26N4O. The fraction of sp³-hybridized carbons (Fsp3) is 0.750. The maximum atomic E-state index is 13.0. The fourth-order valence-electron chi connectivity index (χ4n) is 3.95. The quantitative estimate of drug-likeness (QED) is 0.848. The Balaban J connectivity index is 1.73. The molecule has 0 radical (unpaired) electrons. The highest BCUT2D eigenvalue weighted by Gasteiger charge is 2.50. The SMILES string of the molecule is CC(C)N1CCCC2(CCCN2CCn2ccnc2)C1=O. The minimum absolute atomic E-state index is 0.219. The van der Waals surface area contributed by atoms with Gasteiger partial charge in [0.05, 0.1) is 6.33 Å². The number of hydrogen-bond acceptors (Lipinski definition) is 3. The van der Waals surface area contributed by atoms with E-state index in [0.29, 0.717) is 11.9 Å². The fourth-order valence-corrected chi connectivity index (χ4v) is 3.95. The zero-order chi connectivity index (χ0) is 14.9. The van der Waals surface area contributed by atoms with E-state index < -0.39 is 0 Å². The summed E-state index contributed by atoms with van der Waals surface area (Å²) in [7, 11) is 0.